The maximum Gasteiger partial charge on any atom is 0.335 e. The molecule has 120 valence electrons. The molecule has 0 aliphatic carbocycles. The first-order valence-corrected chi connectivity index (χ1v) is 7.80. The Morgan fingerprint density at radius 3 is 2.59 bits per heavy atom. The molecule has 1 aliphatic rings. The summed E-state index contributed by atoms with van der Waals surface area (Å²) in [6.07, 6.45) is 2.13. The highest BCUT2D eigenvalue weighted by Crippen LogP contribution is 2.27. The summed E-state index contributed by atoms with van der Waals surface area (Å²) in [5, 5.41) is 11.9. The summed E-state index contributed by atoms with van der Waals surface area (Å²) in [5.41, 5.74) is 1.46. The molecular weight excluding hydrogens is 280 g/mol. The quantitative estimate of drug-likeness (QED) is 0.874. The van der Waals surface area contributed by atoms with Crippen LogP contribution in [0.15, 0.2) is 24.3 Å². The zero-order valence-corrected chi connectivity index (χ0v) is 13.2. The Balaban J connectivity index is 1.95. The van der Waals surface area contributed by atoms with Crippen molar-refractivity contribution in [1.82, 2.24) is 10.2 Å². The molecule has 0 aromatic heterocycles. The lowest BCUT2D eigenvalue weighted by molar-refractivity contribution is -0.123. The zero-order chi connectivity index (χ0) is 16.1. The van der Waals surface area contributed by atoms with Crippen molar-refractivity contribution in [1.29, 1.82) is 0 Å². The first kappa shape index (κ1) is 16.5. The van der Waals surface area contributed by atoms with Gasteiger partial charge in [-0.05, 0) is 56.8 Å². The predicted octanol–water partition coefficient (Wildman–Crippen LogP) is 2.09. The molecule has 2 rings (SSSR count). The van der Waals surface area contributed by atoms with Crippen molar-refractivity contribution in [3.63, 3.8) is 0 Å². The Bertz CT molecular complexity index is 525. The monoisotopic (exact) mass is 304 g/mol. The summed E-state index contributed by atoms with van der Waals surface area (Å²) in [5.74, 6) is -0.470. The second-order valence-electron chi connectivity index (χ2n) is 6.22. The lowest BCUT2D eigenvalue weighted by Crippen LogP contribution is -2.43. The van der Waals surface area contributed by atoms with Crippen LogP contribution in [0.1, 0.15) is 48.5 Å². The van der Waals surface area contributed by atoms with E-state index >= 15 is 0 Å². The van der Waals surface area contributed by atoms with Crippen molar-refractivity contribution in [3.05, 3.63) is 35.4 Å². The highest BCUT2D eigenvalue weighted by molar-refractivity contribution is 5.87. The molecule has 1 heterocycles. The van der Waals surface area contributed by atoms with E-state index < -0.39 is 5.97 Å². The SMILES string of the molecule is CC(C)NC(=O)CN1CCC[C@@H](c2ccc(C(=O)O)cc2)C1. The molecule has 0 spiro atoms. The van der Waals surface area contributed by atoms with Crippen LogP contribution in [0.5, 0.6) is 0 Å². The van der Waals surface area contributed by atoms with Gasteiger partial charge in [-0.3, -0.25) is 9.69 Å². The Morgan fingerprint density at radius 2 is 2.00 bits per heavy atom. The topological polar surface area (TPSA) is 69.6 Å². The fraction of sp³-hybridized carbons (Fsp3) is 0.529. The van der Waals surface area contributed by atoms with Crippen LogP contribution in [-0.2, 0) is 4.79 Å². The van der Waals surface area contributed by atoms with Gasteiger partial charge < -0.3 is 10.4 Å². The number of likely N-dealkylation sites (tertiary alicyclic amines) is 1. The number of carboxylic acid groups (broad SMARTS) is 1. The molecule has 0 bridgehead atoms. The molecular formula is C17H24N2O3. The lowest BCUT2D eigenvalue weighted by Gasteiger charge is -2.32. The molecule has 0 radical (unpaired) electrons. The Kier molecular flexibility index (Phi) is 5.55. The van der Waals surface area contributed by atoms with E-state index in [-0.39, 0.29) is 11.9 Å². The van der Waals surface area contributed by atoms with Crippen LogP contribution in [0, 0.1) is 0 Å². The highest BCUT2D eigenvalue weighted by Gasteiger charge is 2.23. The Labute approximate surface area is 131 Å². The molecule has 1 atom stereocenters. The summed E-state index contributed by atoms with van der Waals surface area (Å²) >= 11 is 0. The van der Waals surface area contributed by atoms with Gasteiger partial charge >= 0.3 is 5.97 Å². The van der Waals surface area contributed by atoms with Crippen molar-refractivity contribution < 1.29 is 14.7 Å². The second kappa shape index (κ2) is 7.40. The molecule has 22 heavy (non-hydrogen) atoms. The minimum atomic E-state index is -0.901. The third-order valence-corrected chi connectivity index (χ3v) is 3.95. The number of carbonyl (C=O) groups excluding carboxylic acids is 1. The van der Waals surface area contributed by atoms with Gasteiger partial charge in [-0.2, -0.15) is 0 Å². The molecule has 2 N–H and O–H groups in total. The molecule has 0 unspecified atom stereocenters. The van der Waals surface area contributed by atoms with E-state index in [1.54, 1.807) is 12.1 Å². The molecule has 1 aromatic carbocycles. The number of rotatable bonds is 5. The first-order valence-electron chi connectivity index (χ1n) is 7.80. The average molecular weight is 304 g/mol. The fourth-order valence-electron chi connectivity index (χ4n) is 2.94. The van der Waals surface area contributed by atoms with Crippen molar-refractivity contribution in [2.45, 2.75) is 38.6 Å². The number of piperidine rings is 1. The van der Waals surface area contributed by atoms with Crippen molar-refractivity contribution in [2.75, 3.05) is 19.6 Å². The molecule has 1 saturated heterocycles. The van der Waals surface area contributed by atoms with Gasteiger partial charge in [-0.15, -0.1) is 0 Å². The predicted molar refractivity (Wildman–Crippen MR) is 85.1 cm³/mol. The van der Waals surface area contributed by atoms with E-state index in [1.807, 2.05) is 26.0 Å². The van der Waals surface area contributed by atoms with Gasteiger partial charge in [-0.1, -0.05) is 12.1 Å². The number of nitrogens with one attached hydrogen (secondary N) is 1. The number of carbonyl (C=O) groups is 2. The van der Waals surface area contributed by atoms with E-state index in [1.165, 1.54) is 0 Å². The Morgan fingerprint density at radius 1 is 1.32 bits per heavy atom. The van der Waals surface area contributed by atoms with Crippen LogP contribution in [0.25, 0.3) is 0 Å². The van der Waals surface area contributed by atoms with Crippen LogP contribution < -0.4 is 5.32 Å². The third-order valence-electron chi connectivity index (χ3n) is 3.95. The molecule has 1 fully saturated rings. The van der Waals surface area contributed by atoms with Crippen molar-refractivity contribution in [3.8, 4) is 0 Å². The largest absolute Gasteiger partial charge is 0.478 e. The number of nitrogens with zero attached hydrogens (tertiary/aromatic N) is 1. The summed E-state index contributed by atoms with van der Waals surface area (Å²) < 4.78 is 0. The van der Waals surface area contributed by atoms with E-state index in [9.17, 15) is 9.59 Å². The highest BCUT2D eigenvalue weighted by atomic mass is 16.4. The molecule has 1 amide bonds. The minimum Gasteiger partial charge on any atom is -0.478 e. The maximum atomic E-state index is 11.9. The summed E-state index contributed by atoms with van der Waals surface area (Å²) in [7, 11) is 0. The average Bonchev–Trinajstić information content (AvgIpc) is 2.46. The van der Waals surface area contributed by atoms with E-state index in [4.69, 9.17) is 5.11 Å². The van der Waals surface area contributed by atoms with Crippen molar-refractivity contribution in [2.24, 2.45) is 0 Å². The standard InChI is InChI=1S/C17H24N2O3/c1-12(2)18-16(20)11-19-9-3-4-15(10-19)13-5-7-14(8-6-13)17(21)22/h5-8,12,15H,3-4,9-11H2,1-2H3,(H,18,20)(H,21,22)/t15-/m1/s1. The van der Waals surface area contributed by atoms with Gasteiger partial charge in [0.2, 0.25) is 5.91 Å². The molecule has 1 aliphatic heterocycles. The first-order chi connectivity index (χ1) is 10.5. The van der Waals surface area contributed by atoms with Crippen LogP contribution in [0.4, 0.5) is 0 Å². The van der Waals surface area contributed by atoms with E-state index in [2.05, 4.69) is 10.2 Å². The van der Waals surface area contributed by atoms with Crippen LogP contribution in [0.2, 0.25) is 0 Å². The van der Waals surface area contributed by atoms with Crippen molar-refractivity contribution >= 4 is 11.9 Å². The zero-order valence-electron chi connectivity index (χ0n) is 13.2. The smallest absolute Gasteiger partial charge is 0.335 e. The van der Waals surface area contributed by atoms with Gasteiger partial charge in [0.1, 0.15) is 0 Å². The number of hydrogen-bond donors (Lipinski definition) is 2. The number of amides is 1. The minimum absolute atomic E-state index is 0.0666. The summed E-state index contributed by atoms with van der Waals surface area (Å²) in [4.78, 5) is 24.9. The van der Waals surface area contributed by atoms with E-state index in [0.717, 1.165) is 31.5 Å². The summed E-state index contributed by atoms with van der Waals surface area (Å²) in [6, 6.07) is 7.26. The normalized spacial score (nSPS) is 19.1. The molecule has 5 nitrogen and oxygen atoms in total. The molecule has 5 heteroatoms. The van der Waals surface area contributed by atoms with Crippen LogP contribution in [-0.4, -0.2) is 47.6 Å². The van der Waals surface area contributed by atoms with Gasteiger partial charge in [0.25, 0.3) is 0 Å². The van der Waals surface area contributed by atoms with Gasteiger partial charge in [0.05, 0.1) is 12.1 Å². The Hall–Kier alpha value is -1.88. The lowest BCUT2D eigenvalue weighted by atomic mass is 9.90. The van der Waals surface area contributed by atoms with E-state index in [0.29, 0.717) is 18.0 Å². The number of carboxylic acids is 1. The third kappa shape index (κ3) is 4.56. The van der Waals surface area contributed by atoms with Crippen LogP contribution >= 0.6 is 0 Å². The molecule has 0 saturated carbocycles. The fourth-order valence-corrected chi connectivity index (χ4v) is 2.94. The maximum absolute atomic E-state index is 11.9. The summed E-state index contributed by atoms with van der Waals surface area (Å²) in [6.45, 7) is 6.14. The second-order valence-corrected chi connectivity index (χ2v) is 6.22. The number of aromatic carboxylic acids is 1. The molecule has 1 aromatic rings. The van der Waals surface area contributed by atoms with Gasteiger partial charge in [0, 0.05) is 12.6 Å². The van der Waals surface area contributed by atoms with Gasteiger partial charge in [-0.25, -0.2) is 4.79 Å². The number of benzene rings is 1. The van der Waals surface area contributed by atoms with Crippen LogP contribution in [0.3, 0.4) is 0 Å². The van der Waals surface area contributed by atoms with Gasteiger partial charge in [0.15, 0.2) is 0 Å². The number of hydrogen-bond acceptors (Lipinski definition) is 3.